The van der Waals surface area contributed by atoms with E-state index >= 15 is 0 Å². The smallest absolute Gasteiger partial charge is 0.00157 e. The summed E-state index contributed by atoms with van der Waals surface area (Å²) >= 11 is 0. The Bertz CT molecular complexity index is 23.2. The van der Waals surface area contributed by atoms with E-state index in [2.05, 4.69) is 6.92 Å². The summed E-state index contributed by atoms with van der Waals surface area (Å²) in [5, 5.41) is 1.14. The van der Waals surface area contributed by atoms with Crippen LogP contribution in [-0.2, 0) is 0 Å². The van der Waals surface area contributed by atoms with Crippen LogP contribution < -0.4 is 0 Å². The van der Waals surface area contributed by atoms with Crippen molar-refractivity contribution >= 4 is 16.5 Å². The summed E-state index contributed by atoms with van der Waals surface area (Å²) in [7, 11) is 2.67. The largest absolute Gasteiger partial charge is 0.0912 e. The highest BCUT2D eigenvalue weighted by Crippen LogP contribution is 2.67. The summed E-state index contributed by atoms with van der Waals surface area (Å²) in [4.78, 5) is 0. The van der Waals surface area contributed by atoms with E-state index in [1.807, 2.05) is 0 Å². The fourth-order valence-electron chi connectivity index (χ4n) is 0.0833. The van der Waals surface area contributed by atoms with Crippen LogP contribution in [0, 0.1) is 0 Å². The summed E-state index contributed by atoms with van der Waals surface area (Å²) in [5.74, 6) is 0. The molecule has 1 aliphatic rings. The highest BCUT2D eigenvalue weighted by atomic mass is 32.1. The molecule has 0 N–H and O–H groups in total. The van der Waals surface area contributed by atoms with Gasteiger partial charge in [-0.3, -0.25) is 0 Å². The van der Waals surface area contributed by atoms with Crippen molar-refractivity contribution in [2.45, 2.75) is 12.3 Å². The van der Waals surface area contributed by atoms with Crippen LogP contribution >= 0.6 is 16.5 Å². The molecule has 0 saturated carbocycles. The zero-order valence-electron chi connectivity index (χ0n) is 2.58. The Hall–Kier alpha value is 0.860. The highest BCUT2D eigenvalue weighted by molar-refractivity contribution is 8.29. The van der Waals surface area contributed by atoms with Gasteiger partial charge in [0.2, 0.25) is 0 Å². The first-order chi connectivity index (χ1) is 1.89. The molecule has 0 aromatic heterocycles. The second kappa shape index (κ2) is 0.919. The van der Waals surface area contributed by atoms with Crippen LogP contribution in [0.2, 0.25) is 0 Å². The van der Waals surface area contributed by atoms with Crippen molar-refractivity contribution in [3.8, 4) is 0 Å². The van der Waals surface area contributed by atoms with Crippen molar-refractivity contribution in [3.05, 3.63) is 0 Å². The lowest BCUT2D eigenvalue weighted by molar-refractivity contribution is 1.46. The average Bonchev–Trinajstić information content (AvgIpc) is 1.75. The molecule has 1 aliphatic heterocycles. The van der Waals surface area contributed by atoms with Crippen LogP contribution in [0.3, 0.4) is 0 Å². The fourth-order valence-corrected chi connectivity index (χ4v) is 0.750. The molecule has 0 aromatic rings. The van der Waals surface area contributed by atoms with E-state index in [-0.39, 0.29) is 0 Å². The molecule has 0 spiro atoms. The average molecular weight is 92.0 g/mol. The van der Waals surface area contributed by atoms with E-state index in [0.717, 1.165) is 5.40 Å². The van der Waals surface area contributed by atoms with Crippen molar-refractivity contribution in [1.82, 2.24) is 0 Å². The maximum absolute atomic E-state index is 2.30. The van der Waals surface area contributed by atoms with Crippen molar-refractivity contribution in [2.75, 3.05) is 0 Å². The molecule has 0 nitrogen and oxygen atoms in total. The number of hydrogen-bond donors (Lipinski definition) is 0. The van der Waals surface area contributed by atoms with Gasteiger partial charge in [0, 0.05) is 0 Å². The summed E-state index contributed by atoms with van der Waals surface area (Å²) in [6.07, 6.45) is 0. The van der Waals surface area contributed by atoms with Gasteiger partial charge in [-0.25, -0.2) is 0 Å². The Balaban J connectivity index is 2.17. The molecule has 2 heteroatoms. The first-order valence-electron chi connectivity index (χ1n) is 1.40. The Morgan fingerprint density at radius 1 is 1.50 bits per heavy atom. The molecular formula is C2H6P2. The van der Waals surface area contributed by atoms with Gasteiger partial charge in [-0.1, -0.05) is 23.5 Å². The van der Waals surface area contributed by atoms with E-state index in [4.69, 9.17) is 0 Å². The Morgan fingerprint density at radius 3 is 1.75 bits per heavy atom. The van der Waals surface area contributed by atoms with Crippen LogP contribution in [-0.4, -0.2) is 5.40 Å². The topological polar surface area (TPSA) is 0 Å². The molecule has 0 aromatic carbocycles. The maximum Gasteiger partial charge on any atom is -0.00157 e. The molecule has 1 heterocycles. The van der Waals surface area contributed by atoms with Crippen LogP contribution in [0.5, 0.6) is 0 Å². The monoisotopic (exact) mass is 92.0 g/mol. The van der Waals surface area contributed by atoms with Gasteiger partial charge in [-0.2, -0.15) is 0 Å². The minimum Gasteiger partial charge on any atom is -0.0912 e. The molecule has 1 fully saturated rings. The predicted molar refractivity (Wildman–Crippen MR) is 26.1 cm³/mol. The third-order valence-corrected chi connectivity index (χ3v) is 3.90. The Kier molecular flexibility index (Phi) is 0.705. The maximum atomic E-state index is 2.30. The summed E-state index contributed by atoms with van der Waals surface area (Å²) < 4.78 is 0. The minimum absolute atomic E-state index is 1.14. The molecule has 0 aliphatic carbocycles. The normalized spacial score (nSPS) is 51.8. The van der Waals surface area contributed by atoms with Gasteiger partial charge in [-0.15, -0.1) is 0 Å². The molecule has 2 atom stereocenters. The third kappa shape index (κ3) is 0.664. The van der Waals surface area contributed by atoms with Gasteiger partial charge >= 0.3 is 0 Å². The first kappa shape index (κ1) is 3.07. The van der Waals surface area contributed by atoms with Crippen molar-refractivity contribution < 1.29 is 0 Å². The Morgan fingerprint density at radius 2 is 1.75 bits per heavy atom. The van der Waals surface area contributed by atoms with Crippen LogP contribution in [0.25, 0.3) is 0 Å². The lowest BCUT2D eigenvalue weighted by Crippen LogP contribution is -1.44. The van der Waals surface area contributed by atoms with Gasteiger partial charge < -0.3 is 0 Å². The van der Waals surface area contributed by atoms with Gasteiger partial charge in [0.15, 0.2) is 0 Å². The minimum atomic E-state index is 1.14. The van der Waals surface area contributed by atoms with Gasteiger partial charge in [0.25, 0.3) is 0 Å². The molecule has 0 amide bonds. The van der Waals surface area contributed by atoms with Crippen LogP contribution in [0.1, 0.15) is 6.92 Å². The zero-order chi connectivity index (χ0) is 2.99. The lowest BCUT2D eigenvalue weighted by Gasteiger charge is -1.51. The molecule has 1 saturated heterocycles. The first-order valence-corrected chi connectivity index (χ1v) is 4.56. The SMILES string of the molecule is CC1PP1. The molecular weight excluding hydrogens is 86.0 g/mol. The second-order valence-corrected chi connectivity index (χ2v) is 5.63. The molecule has 0 bridgehead atoms. The van der Waals surface area contributed by atoms with E-state index in [1.165, 1.54) is 16.5 Å². The van der Waals surface area contributed by atoms with Crippen LogP contribution in [0.4, 0.5) is 0 Å². The zero-order valence-corrected chi connectivity index (χ0v) is 4.58. The molecule has 0 radical (unpaired) electrons. The predicted octanol–water partition coefficient (Wildman–Crippen LogP) is 1.62. The number of hydrogen-bond acceptors (Lipinski definition) is 0. The fraction of sp³-hybridized carbons (Fsp3) is 1.00. The lowest BCUT2D eigenvalue weighted by atomic mass is 11.0. The molecule has 4 heavy (non-hydrogen) atoms. The Labute approximate surface area is 29.8 Å². The van der Waals surface area contributed by atoms with Crippen molar-refractivity contribution in [3.63, 3.8) is 0 Å². The number of rotatable bonds is 0. The second-order valence-electron chi connectivity index (χ2n) is 1.01. The van der Waals surface area contributed by atoms with Crippen molar-refractivity contribution in [2.24, 2.45) is 0 Å². The summed E-state index contributed by atoms with van der Waals surface area (Å²) in [5.41, 5.74) is 0. The van der Waals surface area contributed by atoms with Gasteiger partial charge in [0.1, 0.15) is 0 Å². The van der Waals surface area contributed by atoms with Crippen LogP contribution in [0.15, 0.2) is 0 Å². The van der Waals surface area contributed by atoms with E-state index in [1.54, 1.807) is 0 Å². The summed E-state index contributed by atoms with van der Waals surface area (Å²) in [6.45, 7) is 2.30. The highest BCUT2D eigenvalue weighted by Gasteiger charge is 2.12. The summed E-state index contributed by atoms with van der Waals surface area (Å²) in [6, 6.07) is 0. The molecule has 2 unspecified atom stereocenters. The standard InChI is InChI=1S/C2H6P2/c1-2-3-4-2/h2-4H,1H3. The van der Waals surface area contributed by atoms with E-state index in [0.29, 0.717) is 0 Å². The third-order valence-electron chi connectivity index (χ3n) is 0.433. The van der Waals surface area contributed by atoms with E-state index in [9.17, 15) is 0 Å². The quantitative estimate of drug-likeness (QED) is 0.398. The molecule has 1 rings (SSSR count). The molecule has 24 valence electrons. The van der Waals surface area contributed by atoms with E-state index < -0.39 is 0 Å². The van der Waals surface area contributed by atoms with Crippen molar-refractivity contribution in [1.29, 1.82) is 0 Å². The van der Waals surface area contributed by atoms with Gasteiger partial charge in [0.05, 0.1) is 0 Å². The van der Waals surface area contributed by atoms with Gasteiger partial charge in [-0.05, 0) is 5.40 Å².